The van der Waals surface area contributed by atoms with Crippen molar-refractivity contribution in [1.82, 2.24) is 14.8 Å². The lowest BCUT2D eigenvalue weighted by Crippen LogP contribution is -2.07. The molecule has 7 heteroatoms. The number of nitrogens with zero attached hydrogens (tertiary/aromatic N) is 3. The summed E-state index contributed by atoms with van der Waals surface area (Å²) in [6.07, 6.45) is 0.783. The van der Waals surface area contributed by atoms with Crippen LogP contribution in [0.4, 0.5) is 0 Å². The fourth-order valence-corrected chi connectivity index (χ4v) is 2.87. The van der Waals surface area contributed by atoms with Crippen LogP contribution in [-0.2, 0) is 17.8 Å². The van der Waals surface area contributed by atoms with E-state index in [4.69, 9.17) is 5.11 Å². The molecule has 0 unspecified atom stereocenters. The second kappa shape index (κ2) is 6.01. The van der Waals surface area contributed by atoms with Crippen LogP contribution in [0.1, 0.15) is 18.3 Å². The van der Waals surface area contributed by atoms with Crippen molar-refractivity contribution in [1.29, 1.82) is 0 Å². The minimum atomic E-state index is -0.844. The van der Waals surface area contributed by atoms with Crippen molar-refractivity contribution < 1.29 is 9.90 Å². The fourth-order valence-electron chi connectivity index (χ4n) is 1.54. The summed E-state index contributed by atoms with van der Waals surface area (Å²) in [6, 6.07) is 2.05. The van der Waals surface area contributed by atoms with Gasteiger partial charge in [0.15, 0.2) is 5.16 Å². The highest BCUT2D eigenvalue weighted by Crippen LogP contribution is 2.19. The molecule has 0 aromatic carbocycles. The molecule has 0 aliphatic carbocycles. The molecule has 2 heterocycles. The Balaban J connectivity index is 2.19. The highest BCUT2D eigenvalue weighted by Gasteiger charge is 2.13. The zero-order chi connectivity index (χ0) is 13.0. The first-order valence-corrected chi connectivity index (χ1v) is 7.41. The van der Waals surface area contributed by atoms with Crippen LogP contribution in [-0.4, -0.2) is 31.6 Å². The van der Waals surface area contributed by atoms with E-state index in [1.54, 1.807) is 11.3 Å². The maximum absolute atomic E-state index is 10.6. The number of aliphatic carboxylic acids is 1. The van der Waals surface area contributed by atoms with Gasteiger partial charge in [-0.1, -0.05) is 18.7 Å². The summed E-state index contributed by atoms with van der Waals surface area (Å²) < 4.78 is 1.98. The lowest BCUT2D eigenvalue weighted by atomic mass is 10.3. The van der Waals surface area contributed by atoms with E-state index in [1.165, 1.54) is 17.3 Å². The molecule has 1 N–H and O–H groups in total. The number of aryl methyl sites for hydroxylation is 1. The van der Waals surface area contributed by atoms with Crippen LogP contribution >= 0.6 is 23.1 Å². The molecule has 0 saturated carbocycles. The van der Waals surface area contributed by atoms with Crippen molar-refractivity contribution in [2.45, 2.75) is 25.0 Å². The topological polar surface area (TPSA) is 68.0 Å². The molecule has 96 valence electrons. The van der Waals surface area contributed by atoms with Gasteiger partial charge in [0.2, 0.25) is 0 Å². The molecular weight excluding hydrogens is 270 g/mol. The summed E-state index contributed by atoms with van der Waals surface area (Å²) in [6.45, 7) is 2.71. The second-order valence-corrected chi connectivity index (χ2v) is 5.38. The van der Waals surface area contributed by atoms with E-state index in [1.807, 2.05) is 16.9 Å². The molecule has 2 aromatic rings. The van der Waals surface area contributed by atoms with E-state index in [0.29, 0.717) is 11.7 Å². The molecule has 2 rings (SSSR count). The molecule has 0 fully saturated rings. The van der Waals surface area contributed by atoms with Gasteiger partial charge in [0.25, 0.3) is 0 Å². The predicted molar refractivity (Wildman–Crippen MR) is 71.2 cm³/mol. The molecule has 2 aromatic heterocycles. The Morgan fingerprint density at radius 2 is 2.39 bits per heavy atom. The molecule has 0 radical (unpaired) electrons. The van der Waals surface area contributed by atoms with E-state index in [-0.39, 0.29) is 5.75 Å². The van der Waals surface area contributed by atoms with Gasteiger partial charge in [0.05, 0.1) is 12.3 Å². The van der Waals surface area contributed by atoms with Crippen molar-refractivity contribution in [2.75, 3.05) is 5.75 Å². The van der Waals surface area contributed by atoms with Gasteiger partial charge in [0, 0.05) is 6.42 Å². The Kier molecular flexibility index (Phi) is 4.38. The molecule has 5 nitrogen and oxygen atoms in total. The van der Waals surface area contributed by atoms with Gasteiger partial charge in [-0.2, -0.15) is 11.3 Å². The van der Waals surface area contributed by atoms with Crippen molar-refractivity contribution in [2.24, 2.45) is 0 Å². The third kappa shape index (κ3) is 3.11. The zero-order valence-electron chi connectivity index (χ0n) is 9.87. The van der Waals surface area contributed by atoms with Crippen molar-refractivity contribution in [3.63, 3.8) is 0 Å². The van der Waals surface area contributed by atoms with Crippen LogP contribution in [0, 0.1) is 0 Å². The van der Waals surface area contributed by atoms with Crippen molar-refractivity contribution in [3.05, 3.63) is 28.2 Å². The number of aromatic nitrogens is 3. The molecule has 18 heavy (non-hydrogen) atoms. The van der Waals surface area contributed by atoms with Crippen molar-refractivity contribution in [3.8, 4) is 0 Å². The first-order valence-electron chi connectivity index (χ1n) is 5.48. The van der Waals surface area contributed by atoms with E-state index >= 15 is 0 Å². The Labute approximate surface area is 113 Å². The highest BCUT2D eigenvalue weighted by molar-refractivity contribution is 7.99. The Morgan fingerprint density at radius 3 is 3.00 bits per heavy atom. The van der Waals surface area contributed by atoms with Crippen LogP contribution in [0.2, 0.25) is 0 Å². The summed E-state index contributed by atoms with van der Waals surface area (Å²) >= 11 is 2.85. The number of carbonyl (C=O) groups is 1. The minimum absolute atomic E-state index is 0.00544. The number of carboxylic acids is 1. The lowest BCUT2D eigenvalue weighted by Gasteiger charge is -2.07. The van der Waals surface area contributed by atoms with Gasteiger partial charge >= 0.3 is 5.97 Å². The number of hydrogen-bond acceptors (Lipinski definition) is 5. The van der Waals surface area contributed by atoms with Crippen LogP contribution in [0.3, 0.4) is 0 Å². The van der Waals surface area contributed by atoms with Crippen molar-refractivity contribution >= 4 is 29.1 Å². The summed E-state index contributed by atoms with van der Waals surface area (Å²) in [5.74, 6) is 0.0445. The van der Waals surface area contributed by atoms with Gasteiger partial charge < -0.3 is 9.67 Å². The number of carboxylic acid groups (broad SMARTS) is 1. The largest absolute Gasteiger partial charge is 0.481 e. The third-order valence-electron chi connectivity index (χ3n) is 2.36. The molecule has 0 aliphatic rings. The summed E-state index contributed by atoms with van der Waals surface area (Å²) in [5, 5.41) is 21.6. The van der Waals surface area contributed by atoms with Gasteiger partial charge in [-0.15, -0.1) is 10.2 Å². The van der Waals surface area contributed by atoms with E-state index in [0.717, 1.165) is 12.2 Å². The Hall–Kier alpha value is -1.34. The molecule has 0 spiro atoms. The number of thiophene rings is 1. The normalized spacial score (nSPS) is 10.7. The standard InChI is InChI=1S/C11H13N3O2S2/c1-2-9-12-13-11(18-7-10(15)16)14(9)5-8-3-4-17-6-8/h3-4,6H,2,5,7H2,1H3,(H,15,16). The van der Waals surface area contributed by atoms with Gasteiger partial charge in [-0.25, -0.2) is 0 Å². The van der Waals surface area contributed by atoms with E-state index < -0.39 is 5.97 Å². The smallest absolute Gasteiger partial charge is 0.313 e. The molecule has 0 aliphatic heterocycles. The quantitative estimate of drug-likeness (QED) is 0.823. The zero-order valence-corrected chi connectivity index (χ0v) is 11.5. The molecule has 0 saturated heterocycles. The fraction of sp³-hybridized carbons (Fsp3) is 0.364. The number of hydrogen-bond donors (Lipinski definition) is 1. The minimum Gasteiger partial charge on any atom is -0.481 e. The summed E-state index contributed by atoms with van der Waals surface area (Å²) in [7, 11) is 0. The van der Waals surface area contributed by atoms with Gasteiger partial charge in [-0.3, -0.25) is 4.79 Å². The van der Waals surface area contributed by atoms with Crippen LogP contribution in [0.25, 0.3) is 0 Å². The lowest BCUT2D eigenvalue weighted by molar-refractivity contribution is -0.133. The maximum atomic E-state index is 10.6. The highest BCUT2D eigenvalue weighted by atomic mass is 32.2. The summed E-state index contributed by atoms with van der Waals surface area (Å²) in [4.78, 5) is 10.6. The van der Waals surface area contributed by atoms with Gasteiger partial charge in [-0.05, 0) is 22.4 Å². The molecule has 0 bridgehead atoms. The Bertz CT molecular complexity index is 522. The monoisotopic (exact) mass is 283 g/mol. The molecular formula is C11H13N3O2S2. The number of rotatable bonds is 6. The first-order chi connectivity index (χ1) is 8.70. The second-order valence-electron chi connectivity index (χ2n) is 3.65. The van der Waals surface area contributed by atoms with Gasteiger partial charge in [0.1, 0.15) is 5.82 Å². The average molecular weight is 283 g/mol. The van der Waals surface area contributed by atoms with E-state index in [9.17, 15) is 4.79 Å². The van der Waals surface area contributed by atoms with Crippen LogP contribution in [0.15, 0.2) is 22.0 Å². The predicted octanol–water partition coefficient (Wildman–Crippen LogP) is 2.13. The molecule has 0 amide bonds. The average Bonchev–Trinajstić information content (AvgIpc) is 2.97. The van der Waals surface area contributed by atoms with E-state index in [2.05, 4.69) is 21.6 Å². The SMILES string of the molecule is CCc1nnc(SCC(=O)O)n1Cc1ccsc1. The molecule has 0 atom stereocenters. The van der Waals surface area contributed by atoms with Crippen LogP contribution < -0.4 is 0 Å². The third-order valence-corrected chi connectivity index (χ3v) is 4.04. The first kappa shape index (κ1) is 13.1. The summed E-state index contributed by atoms with van der Waals surface area (Å²) in [5.41, 5.74) is 1.19. The maximum Gasteiger partial charge on any atom is 0.313 e. The van der Waals surface area contributed by atoms with Crippen LogP contribution in [0.5, 0.6) is 0 Å². The number of thioether (sulfide) groups is 1. The Morgan fingerprint density at radius 1 is 1.56 bits per heavy atom.